The number of amides is 1. The maximum atomic E-state index is 12.2. The summed E-state index contributed by atoms with van der Waals surface area (Å²) < 4.78 is 1.25. The van der Waals surface area contributed by atoms with Gasteiger partial charge >= 0.3 is 0 Å². The zero-order valence-electron chi connectivity index (χ0n) is 11.6. The van der Waals surface area contributed by atoms with Crippen molar-refractivity contribution in [2.45, 2.75) is 6.54 Å². The van der Waals surface area contributed by atoms with Gasteiger partial charge in [0, 0.05) is 5.69 Å². The van der Waals surface area contributed by atoms with Gasteiger partial charge < -0.3 is 5.32 Å². The Morgan fingerprint density at radius 1 is 1.43 bits per heavy atom. The third kappa shape index (κ3) is 3.08. The zero-order valence-corrected chi connectivity index (χ0v) is 13.2. The molecular weight excluding hydrogens is 336 g/mol. The van der Waals surface area contributed by atoms with Gasteiger partial charge in [-0.3, -0.25) is 14.2 Å². The molecule has 0 spiro atoms. The third-order valence-electron chi connectivity index (χ3n) is 3.14. The Bertz CT molecular complexity index is 1000. The van der Waals surface area contributed by atoms with E-state index in [1.807, 2.05) is 6.07 Å². The summed E-state index contributed by atoms with van der Waals surface area (Å²) in [7, 11) is 0. The van der Waals surface area contributed by atoms with Crippen LogP contribution in [0.15, 0.2) is 40.8 Å². The average Bonchev–Trinajstić information content (AvgIpc) is 3.00. The molecule has 114 valence electrons. The molecule has 23 heavy (non-hydrogen) atoms. The second-order valence-electron chi connectivity index (χ2n) is 4.67. The molecular formula is C15H9ClN4O2S. The van der Waals surface area contributed by atoms with Crippen molar-refractivity contribution < 1.29 is 4.79 Å². The number of benzene rings is 1. The van der Waals surface area contributed by atoms with Crippen LogP contribution in [0.5, 0.6) is 0 Å². The van der Waals surface area contributed by atoms with E-state index in [0.29, 0.717) is 21.5 Å². The van der Waals surface area contributed by atoms with Crippen LogP contribution in [0.4, 0.5) is 5.69 Å². The minimum absolute atomic E-state index is 0.157. The highest BCUT2D eigenvalue weighted by atomic mass is 35.5. The summed E-state index contributed by atoms with van der Waals surface area (Å²) in [6, 6.07) is 8.20. The lowest BCUT2D eigenvalue weighted by Crippen LogP contribution is -2.27. The number of carbonyl (C=O) groups is 1. The SMILES string of the molecule is N#Cc1ccc(NC(=O)Cn2cnc3sccc3c2=O)cc1Cl. The molecule has 3 aromatic rings. The highest BCUT2D eigenvalue weighted by molar-refractivity contribution is 7.16. The number of nitrogens with zero attached hydrogens (tertiary/aromatic N) is 3. The number of hydrogen-bond donors (Lipinski definition) is 1. The highest BCUT2D eigenvalue weighted by Gasteiger charge is 2.10. The van der Waals surface area contributed by atoms with Crippen LogP contribution in [0.1, 0.15) is 5.56 Å². The van der Waals surface area contributed by atoms with E-state index in [1.165, 1.54) is 34.4 Å². The van der Waals surface area contributed by atoms with Gasteiger partial charge in [0.2, 0.25) is 5.91 Å². The first-order chi connectivity index (χ1) is 11.1. The van der Waals surface area contributed by atoms with Crippen molar-refractivity contribution in [3.8, 4) is 6.07 Å². The molecule has 2 heterocycles. The van der Waals surface area contributed by atoms with E-state index in [1.54, 1.807) is 17.5 Å². The van der Waals surface area contributed by atoms with E-state index in [9.17, 15) is 9.59 Å². The van der Waals surface area contributed by atoms with Crippen LogP contribution in [0, 0.1) is 11.3 Å². The van der Waals surface area contributed by atoms with Crippen LogP contribution in [0.25, 0.3) is 10.2 Å². The highest BCUT2D eigenvalue weighted by Crippen LogP contribution is 2.20. The van der Waals surface area contributed by atoms with Crippen LogP contribution >= 0.6 is 22.9 Å². The van der Waals surface area contributed by atoms with E-state index in [0.717, 1.165) is 0 Å². The molecule has 0 atom stereocenters. The summed E-state index contributed by atoms with van der Waals surface area (Å²) in [6.07, 6.45) is 1.35. The summed E-state index contributed by atoms with van der Waals surface area (Å²) in [4.78, 5) is 29.1. The maximum Gasteiger partial charge on any atom is 0.262 e. The molecule has 0 saturated heterocycles. The molecule has 0 aliphatic heterocycles. The summed E-state index contributed by atoms with van der Waals surface area (Å²) in [5.41, 5.74) is 0.522. The lowest BCUT2D eigenvalue weighted by atomic mass is 10.2. The number of nitriles is 1. The number of halogens is 1. The maximum absolute atomic E-state index is 12.2. The summed E-state index contributed by atoms with van der Waals surface area (Å²) >= 11 is 7.28. The normalized spacial score (nSPS) is 10.4. The van der Waals surface area contributed by atoms with Crippen LogP contribution in [-0.2, 0) is 11.3 Å². The number of rotatable bonds is 3. The van der Waals surface area contributed by atoms with Crippen LogP contribution in [0.2, 0.25) is 5.02 Å². The lowest BCUT2D eigenvalue weighted by Gasteiger charge is -2.08. The fourth-order valence-corrected chi connectivity index (χ4v) is 2.99. The van der Waals surface area contributed by atoms with E-state index in [2.05, 4.69) is 10.3 Å². The van der Waals surface area contributed by atoms with Crippen molar-refractivity contribution in [2.75, 3.05) is 5.32 Å². The number of carbonyl (C=O) groups excluding carboxylic acids is 1. The topological polar surface area (TPSA) is 87.8 Å². The smallest absolute Gasteiger partial charge is 0.262 e. The second kappa shape index (κ2) is 6.20. The molecule has 0 unspecified atom stereocenters. The Kier molecular flexibility index (Phi) is 4.10. The number of nitrogens with one attached hydrogen (secondary N) is 1. The summed E-state index contributed by atoms with van der Waals surface area (Å²) in [5.74, 6) is -0.385. The van der Waals surface area contributed by atoms with Gasteiger partial charge in [-0.05, 0) is 29.6 Å². The quantitative estimate of drug-likeness (QED) is 0.791. The van der Waals surface area contributed by atoms with Crippen molar-refractivity contribution in [1.82, 2.24) is 9.55 Å². The van der Waals surface area contributed by atoms with Crippen molar-refractivity contribution >= 4 is 44.7 Å². The lowest BCUT2D eigenvalue weighted by molar-refractivity contribution is -0.116. The molecule has 3 rings (SSSR count). The van der Waals surface area contributed by atoms with Crippen molar-refractivity contribution in [2.24, 2.45) is 0 Å². The van der Waals surface area contributed by atoms with Crippen molar-refractivity contribution in [1.29, 1.82) is 5.26 Å². The monoisotopic (exact) mass is 344 g/mol. The first kappa shape index (κ1) is 15.2. The second-order valence-corrected chi connectivity index (χ2v) is 5.97. The predicted molar refractivity (Wildman–Crippen MR) is 88.7 cm³/mol. The first-order valence-electron chi connectivity index (χ1n) is 6.50. The Morgan fingerprint density at radius 3 is 3.00 bits per heavy atom. The minimum atomic E-state index is -0.385. The molecule has 0 bridgehead atoms. The van der Waals surface area contributed by atoms with Gasteiger partial charge in [-0.1, -0.05) is 11.6 Å². The third-order valence-corrected chi connectivity index (χ3v) is 4.27. The van der Waals surface area contributed by atoms with Crippen LogP contribution < -0.4 is 10.9 Å². The van der Waals surface area contributed by atoms with Gasteiger partial charge in [0.15, 0.2) is 0 Å². The number of fused-ring (bicyclic) bond motifs is 1. The van der Waals surface area contributed by atoms with Gasteiger partial charge in [0.05, 0.1) is 22.3 Å². The molecule has 0 radical (unpaired) electrons. The molecule has 0 aliphatic rings. The van der Waals surface area contributed by atoms with Crippen LogP contribution in [-0.4, -0.2) is 15.5 Å². The van der Waals surface area contributed by atoms with E-state index in [4.69, 9.17) is 16.9 Å². The van der Waals surface area contributed by atoms with Gasteiger partial charge in [0.25, 0.3) is 5.56 Å². The van der Waals surface area contributed by atoms with E-state index in [-0.39, 0.29) is 23.0 Å². The first-order valence-corrected chi connectivity index (χ1v) is 7.76. The minimum Gasteiger partial charge on any atom is -0.324 e. The predicted octanol–water partition coefficient (Wildman–Crippen LogP) is 2.62. The molecule has 1 N–H and O–H groups in total. The Labute approximate surface area is 139 Å². The fourth-order valence-electron chi connectivity index (χ4n) is 2.04. The molecule has 0 saturated carbocycles. The molecule has 8 heteroatoms. The fraction of sp³-hybridized carbons (Fsp3) is 0.0667. The largest absolute Gasteiger partial charge is 0.324 e. The molecule has 6 nitrogen and oxygen atoms in total. The summed E-state index contributed by atoms with van der Waals surface area (Å²) in [6.45, 7) is -0.157. The number of hydrogen-bond acceptors (Lipinski definition) is 5. The van der Waals surface area contributed by atoms with E-state index >= 15 is 0 Å². The molecule has 0 fully saturated rings. The number of anilines is 1. The molecule has 0 aliphatic carbocycles. The van der Waals surface area contributed by atoms with E-state index < -0.39 is 0 Å². The standard InChI is InChI=1S/C15H9ClN4O2S/c16-12-5-10(2-1-9(12)6-17)19-13(21)7-20-8-18-14-11(15(20)22)3-4-23-14/h1-5,8H,7H2,(H,19,21). The Morgan fingerprint density at radius 2 is 2.26 bits per heavy atom. The number of aromatic nitrogens is 2. The number of thiophene rings is 1. The van der Waals surface area contributed by atoms with Gasteiger partial charge in [-0.25, -0.2) is 4.98 Å². The van der Waals surface area contributed by atoms with Crippen LogP contribution in [0.3, 0.4) is 0 Å². The zero-order chi connectivity index (χ0) is 16.4. The van der Waals surface area contributed by atoms with Gasteiger partial charge in [-0.2, -0.15) is 5.26 Å². The Hall–Kier alpha value is -2.69. The van der Waals surface area contributed by atoms with Gasteiger partial charge in [-0.15, -0.1) is 11.3 Å². The Balaban J connectivity index is 1.78. The summed E-state index contributed by atoms with van der Waals surface area (Å²) in [5, 5.41) is 14.0. The molecule has 1 aromatic carbocycles. The molecule has 1 amide bonds. The van der Waals surface area contributed by atoms with Gasteiger partial charge in [0.1, 0.15) is 17.4 Å². The van der Waals surface area contributed by atoms with Crippen molar-refractivity contribution in [3.05, 3.63) is 56.9 Å². The van der Waals surface area contributed by atoms with Crippen molar-refractivity contribution in [3.63, 3.8) is 0 Å². The molecule has 2 aromatic heterocycles. The average molecular weight is 345 g/mol.